The van der Waals surface area contributed by atoms with Gasteiger partial charge in [0, 0.05) is 6.92 Å². The fourth-order valence-electron chi connectivity index (χ4n) is 1.52. The number of hydrogen-bond acceptors (Lipinski definition) is 6. The summed E-state index contributed by atoms with van der Waals surface area (Å²) in [6.45, 7) is 1.69. The number of carbonyl (C=O) groups is 1. The molecule has 8 heteroatoms. The number of hydrogen-bond donors (Lipinski definition) is 1. The van der Waals surface area contributed by atoms with Crippen LogP contribution in [0.1, 0.15) is 22.1 Å². The fraction of sp³-hybridized carbons (Fsp3) is 0.250. The summed E-state index contributed by atoms with van der Waals surface area (Å²) >= 11 is 6.00. The zero-order chi connectivity index (χ0) is 14.7. The quantitative estimate of drug-likeness (QED) is 0.905. The number of rotatable bonds is 5. The van der Waals surface area contributed by atoms with Crippen molar-refractivity contribution in [3.8, 4) is 11.5 Å². The average molecular weight is 299 g/mol. The first kappa shape index (κ1) is 14.1. The number of nitrogens with zero attached hydrogens (tertiary/aromatic N) is 2. The van der Waals surface area contributed by atoms with Gasteiger partial charge in [0.05, 0.1) is 17.7 Å². The molecule has 20 heavy (non-hydrogen) atoms. The third kappa shape index (κ3) is 3.00. The summed E-state index contributed by atoms with van der Waals surface area (Å²) in [4.78, 5) is 14.9. The van der Waals surface area contributed by atoms with E-state index in [9.17, 15) is 4.79 Å². The SMILES string of the molecule is COc1cc(C(=O)O)cc(Cl)c1OCc1noc(C)n1. The Hall–Kier alpha value is -2.28. The van der Waals surface area contributed by atoms with Crippen molar-refractivity contribution in [2.75, 3.05) is 7.11 Å². The molecule has 0 bridgehead atoms. The standard InChI is InChI=1S/C12H11ClN2O5/c1-6-14-10(15-20-6)5-19-11-8(13)3-7(12(16)17)4-9(11)18-2/h3-4H,5H2,1-2H3,(H,16,17). The van der Waals surface area contributed by atoms with Crippen molar-refractivity contribution in [1.82, 2.24) is 10.1 Å². The normalized spacial score (nSPS) is 10.3. The summed E-state index contributed by atoms with van der Waals surface area (Å²) in [7, 11) is 1.39. The third-order valence-corrected chi connectivity index (χ3v) is 2.67. The van der Waals surface area contributed by atoms with E-state index in [1.807, 2.05) is 0 Å². The molecule has 1 aromatic heterocycles. The van der Waals surface area contributed by atoms with Crippen molar-refractivity contribution in [3.63, 3.8) is 0 Å². The van der Waals surface area contributed by atoms with Gasteiger partial charge in [0.2, 0.25) is 11.7 Å². The van der Waals surface area contributed by atoms with E-state index in [-0.39, 0.29) is 28.7 Å². The van der Waals surface area contributed by atoms with E-state index < -0.39 is 5.97 Å². The minimum atomic E-state index is -1.11. The first-order chi connectivity index (χ1) is 9.51. The van der Waals surface area contributed by atoms with E-state index in [0.717, 1.165) is 0 Å². The first-order valence-electron chi connectivity index (χ1n) is 5.54. The molecule has 1 aromatic carbocycles. The van der Waals surface area contributed by atoms with E-state index in [1.54, 1.807) is 6.92 Å². The maximum atomic E-state index is 10.9. The number of aromatic nitrogens is 2. The molecule has 0 aliphatic carbocycles. The van der Waals surface area contributed by atoms with Crippen LogP contribution in [-0.4, -0.2) is 28.3 Å². The maximum Gasteiger partial charge on any atom is 0.335 e. The van der Waals surface area contributed by atoms with E-state index in [4.69, 9.17) is 30.7 Å². The van der Waals surface area contributed by atoms with Crippen LogP contribution in [0.15, 0.2) is 16.7 Å². The molecule has 0 spiro atoms. The third-order valence-electron chi connectivity index (χ3n) is 2.39. The molecule has 0 amide bonds. The molecular weight excluding hydrogens is 288 g/mol. The molecule has 1 N–H and O–H groups in total. The zero-order valence-corrected chi connectivity index (χ0v) is 11.5. The summed E-state index contributed by atoms with van der Waals surface area (Å²) < 4.78 is 15.3. The summed E-state index contributed by atoms with van der Waals surface area (Å²) in [5, 5.41) is 12.7. The first-order valence-corrected chi connectivity index (χ1v) is 5.92. The number of carboxylic acid groups (broad SMARTS) is 1. The second-order valence-corrected chi connectivity index (χ2v) is 4.22. The second kappa shape index (κ2) is 5.79. The number of aromatic carboxylic acids is 1. The van der Waals surface area contributed by atoms with Gasteiger partial charge in [0.15, 0.2) is 18.1 Å². The molecule has 2 rings (SSSR count). The second-order valence-electron chi connectivity index (χ2n) is 3.81. The van der Waals surface area contributed by atoms with Crippen molar-refractivity contribution in [2.24, 2.45) is 0 Å². The Morgan fingerprint density at radius 2 is 2.25 bits per heavy atom. The minimum Gasteiger partial charge on any atom is -0.493 e. The van der Waals surface area contributed by atoms with Gasteiger partial charge in [-0.3, -0.25) is 0 Å². The molecule has 1 heterocycles. The van der Waals surface area contributed by atoms with Crippen LogP contribution in [-0.2, 0) is 6.61 Å². The van der Waals surface area contributed by atoms with Crippen LogP contribution >= 0.6 is 11.6 Å². The lowest BCUT2D eigenvalue weighted by atomic mass is 10.2. The number of carboxylic acids is 1. The van der Waals surface area contributed by atoms with Crippen LogP contribution in [0.5, 0.6) is 11.5 Å². The molecule has 7 nitrogen and oxygen atoms in total. The smallest absolute Gasteiger partial charge is 0.335 e. The predicted octanol–water partition coefficient (Wildman–Crippen LogP) is 2.32. The van der Waals surface area contributed by atoms with E-state index in [0.29, 0.717) is 11.7 Å². The number of ether oxygens (including phenoxy) is 2. The van der Waals surface area contributed by atoms with Crippen LogP contribution in [0, 0.1) is 6.92 Å². The Kier molecular flexibility index (Phi) is 4.09. The average Bonchev–Trinajstić information content (AvgIpc) is 2.82. The van der Waals surface area contributed by atoms with Crippen molar-refractivity contribution < 1.29 is 23.9 Å². The Labute approximate surface area is 119 Å². The summed E-state index contributed by atoms with van der Waals surface area (Å²) in [6.07, 6.45) is 0. The molecule has 0 saturated heterocycles. The van der Waals surface area contributed by atoms with Crippen LogP contribution in [0.4, 0.5) is 0 Å². The van der Waals surface area contributed by atoms with Crippen LogP contribution < -0.4 is 9.47 Å². The number of benzene rings is 1. The van der Waals surface area contributed by atoms with Crippen LogP contribution in [0.2, 0.25) is 5.02 Å². The Morgan fingerprint density at radius 1 is 1.50 bits per heavy atom. The van der Waals surface area contributed by atoms with Gasteiger partial charge in [0.25, 0.3) is 0 Å². The van der Waals surface area contributed by atoms with Gasteiger partial charge < -0.3 is 19.1 Å². The van der Waals surface area contributed by atoms with Gasteiger partial charge in [0.1, 0.15) is 0 Å². The van der Waals surface area contributed by atoms with Crippen molar-refractivity contribution >= 4 is 17.6 Å². The summed E-state index contributed by atoms with van der Waals surface area (Å²) in [5.41, 5.74) is 0.00889. The van der Waals surface area contributed by atoms with Gasteiger partial charge in [-0.15, -0.1) is 0 Å². The van der Waals surface area contributed by atoms with Gasteiger partial charge in [-0.1, -0.05) is 16.8 Å². The highest BCUT2D eigenvalue weighted by Crippen LogP contribution is 2.36. The van der Waals surface area contributed by atoms with E-state index >= 15 is 0 Å². The lowest BCUT2D eigenvalue weighted by molar-refractivity contribution is 0.0696. The highest BCUT2D eigenvalue weighted by molar-refractivity contribution is 6.32. The predicted molar refractivity (Wildman–Crippen MR) is 68.3 cm³/mol. The van der Waals surface area contributed by atoms with Crippen molar-refractivity contribution in [3.05, 3.63) is 34.4 Å². The molecule has 0 aliphatic rings. The topological polar surface area (TPSA) is 94.7 Å². The van der Waals surface area contributed by atoms with Gasteiger partial charge >= 0.3 is 5.97 Å². The highest BCUT2D eigenvalue weighted by Gasteiger charge is 2.16. The van der Waals surface area contributed by atoms with E-state index in [2.05, 4.69) is 10.1 Å². The molecule has 0 atom stereocenters. The van der Waals surface area contributed by atoms with Gasteiger partial charge in [-0.25, -0.2) is 4.79 Å². The van der Waals surface area contributed by atoms with Crippen molar-refractivity contribution in [1.29, 1.82) is 0 Å². The monoisotopic (exact) mass is 298 g/mol. The Balaban J connectivity index is 2.24. The number of aryl methyl sites for hydroxylation is 1. The van der Waals surface area contributed by atoms with Gasteiger partial charge in [-0.2, -0.15) is 4.98 Å². The molecule has 2 aromatic rings. The largest absolute Gasteiger partial charge is 0.493 e. The molecule has 0 fully saturated rings. The number of methoxy groups -OCH3 is 1. The van der Waals surface area contributed by atoms with Crippen molar-refractivity contribution in [2.45, 2.75) is 13.5 Å². The Bertz CT molecular complexity index is 641. The highest BCUT2D eigenvalue weighted by atomic mass is 35.5. The zero-order valence-electron chi connectivity index (χ0n) is 10.7. The minimum absolute atomic E-state index is 0.00889. The molecule has 0 saturated carbocycles. The summed E-state index contributed by atoms with van der Waals surface area (Å²) in [6, 6.07) is 2.61. The fourth-order valence-corrected chi connectivity index (χ4v) is 1.79. The molecule has 0 aliphatic heterocycles. The lowest BCUT2D eigenvalue weighted by Crippen LogP contribution is -2.03. The molecular formula is C12H11ClN2O5. The van der Waals surface area contributed by atoms with Crippen LogP contribution in [0.25, 0.3) is 0 Å². The lowest BCUT2D eigenvalue weighted by Gasteiger charge is -2.11. The molecule has 0 radical (unpaired) electrons. The molecule has 0 unspecified atom stereocenters. The van der Waals surface area contributed by atoms with Crippen LogP contribution in [0.3, 0.4) is 0 Å². The van der Waals surface area contributed by atoms with Gasteiger partial charge in [-0.05, 0) is 12.1 Å². The maximum absolute atomic E-state index is 10.9. The molecule has 106 valence electrons. The Morgan fingerprint density at radius 3 is 2.80 bits per heavy atom. The van der Waals surface area contributed by atoms with E-state index in [1.165, 1.54) is 19.2 Å². The number of halogens is 1. The summed E-state index contributed by atoms with van der Waals surface area (Å²) in [5.74, 6) is 0.105.